The van der Waals surface area contributed by atoms with Crippen LogP contribution < -0.4 is 0 Å². The monoisotopic (exact) mass is 393 g/mol. The molecule has 21 heavy (non-hydrogen) atoms. The van der Waals surface area contributed by atoms with Gasteiger partial charge in [0.05, 0.1) is 0 Å². The maximum atomic E-state index is 5.10. The number of unbranched alkanes of at least 4 members (excludes halogenated alkanes) is 3. The van der Waals surface area contributed by atoms with Gasteiger partial charge in [-0.15, -0.1) is 6.42 Å². The van der Waals surface area contributed by atoms with Crippen LogP contribution in [-0.4, -0.2) is 19.8 Å². The second-order valence-electron chi connectivity index (χ2n) is 5.57. The molecule has 0 aliphatic rings. The molecule has 1 aromatic rings. The number of rotatable bonds is 9. The van der Waals surface area contributed by atoms with Crippen molar-refractivity contribution in [1.82, 2.24) is 0 Å². The first-order valence-corrected chi connectivity index (χ1v) is 14.7. The van der Waals surface area contributed by atoms with Crippen LogP contribution in [0.2, 0.25) is 13.3 Å². The fourth-order valence-corrected chi connectivity index (χ4v) is 11.6. The van der Waals surface area contributed by atoms with Crippen molar-refractivity contribution in [2.45, 2.75) is 72.6 Å². The molecule has 0 heterocycles. The third-order valence-corrected chi connectivity index (χ3v) is 12.7. The molecule has 0 saturated heterocycles. The third kappa shape index (κ3) is 13.0. The molecule has 0 bridgehead atoms. The Morgan fingerprint density at radius 3 is 1.52 bits per heavy atom. The Bertz CT molecular complexity index is 331. The van der Waals surface area contributed by atoms with Crippen LogP contribution in [0.4, 0.5) is 0 Å². The summed E-state index contributed by atoms with van der Waals surface area (Å²) in [7, 11) is 0. The summed E-state index contributed by atoms with van der Waals surface area (Å²) in [5.41, 5.74) is 0.938. The Morgan fingerprint density at radius 2 is 1.24 bits per heavy atom. The zero-order valence-corrected chi connectivity index (χ0v) is 17.2. The van der Waals surface area contributed by atoms with Gasteiger partial charge in [0.25, 0.3) is 0 Å². The van der Waals surface area contributed by atoms with Crippen molar-refractivity contribution in [2.24, 2.45) is 0 Å². The van der Waals surface area contributed by atoms with Crippen LogP contribution in [0.25, 0.3) is 0 Å². The van der Waals surface area contributed by atoms with Gasteiger partial charge in [0.15, 0.2) is 0 Å². The average molecular weight is 392 g/mol. The van der Waals surface area contributed by atoms with Crippen LogP contribution >= 0.6 is 0 Å². The first-order valence-electron chi connectivity index (χ1n) is 8.63. The summed E-state index contributed by atoms with van der Waals surface area (Å²) in [6, 6.07) is 9.60. The number of terminal acetylenes is 1. The van der Waals surface area contributed by atoms with Crippen LogP contribution in [0.3, 0.4) is 0 Å². The van der Waals surface area contributed by atoms with Crippen LogP contribution in [0.15, 0.2) is 30.3 Å². The van der Waals surface area contributed by atoms with Crippen molar-refractivity contribution in [3.8, 4) is 12.3 Å². The molecule has 0 amide bonds. The molecule has 0 N–H and O–H groups in total. The summed E-state index contributed by atoms with van der Waals surface area (Å²) in [4.78, 5) is 0. The summed E-state index contributed by atoms with van der Waals surface area (Å²) in [5, 5.41) is 0. The Kier molecular flexibility index (Phi) is 15.6. The van der Waals surface area contributed by atoms with E-state index in [0.29, 0.717) is 0 Å². The van der Waals surface area contributed by atoms with Gasteiger partial charge in [0.2, 0.25) is 0 Å². The van der Waals surface area contributed by atoms with Gasteiger partial charge in [0, 0.05) is 5.56 Å². The topological polar surface area (TPSA) is 0 Å². The number of hydrogen-bond acceptors (Lipinski definition) is 0. The van der Waals surface area contributed by atoms with Gasteiger partial charge in [-0.25, -0.2) is 0 Å². The van der Waals surface area contributed by atoms with E-state index in [9.17, 15) is 0 Å². The molecule has 1 radical (unpaired) electrons. The van der Waals surface area contributed by atoms with E-state index in [0.717, 1.165) is 5.56 Å². The Labute approximate surface area is 140 Å². The number of benzene rings is 1. The summed E-state index contributed by atoms with van der Waals surface area (Å²) in [5.74, 6) is 2.53. The van der Waals surface area contributed by atoms with Crippen molar-refractivity contribution >= 4 is 19.8 Å². The Hall–Kier alpha value is -0.421. The van der Waals surface area contributed by atoms with Crippen molar-refractivity contribution in [3.05, 3.63) is 35.9 Å². The van der Waals surface area contributed by atoms with Crippen molar-refractivity contribution in [2.75, 3.05) is 0 Å². The van der Waals surface area contributed by atoms with Gasteiger partial charge in [-0.2, -0.15) is 0 Å². The molecule has 0 aliphatic carbocycles. The van der Waals surface area contributed by atoms with E-state index in [-0.39, 0.29) is 0 Å². The Balaban J connectivity index is 0.000000423. The molecule has 0 nitrogen and oxygen atoms in total. The van der Waals surface area contributed by atoms with E-state index in [4.69, 9.17) is 6.42 Å². The zero-order valence-electron chi connectivity index (χ0n) is 14.3. The van der Waals surface area contributed by atoms with Crippen molar-refractivity contribution < 1.29 is 0 Å². The predicted molar refractivity (Wildman–Crippen MR) is 99.3 cm³/mol. The molecule has 117 valence electrons. The van der Waals surface area contributed by atoms with Gasteiger partial charge in [-0.3, -0.25) is 0 Å². The molecule has 0 aliphatic heterocycles. The van der Waals surface area contributed by atoms with E-state index in [1.807, 2.05) is 30.3 Å². The van der Waals surface area contributed by atoms with Gasteiger partial charge >= 0.3 is 92.4 Å². The first kappa shape index (κ1) is 20.6. The standard InChI is InChI=1S/C8H6.3C4H9.Sn/c1-2-8-6-4-3-5-7-8;3*1-3-4-2;/h1,3-7H;3*1,3-4H2,2H3;. The molecule has 0 spiro atoms. The third-order valence-electron chi connectivity index (χ3n) is 3.59. The van der Waals surface area contributed by atoms with E-state index >= 15 is 0 Å². The number of hydrogen-bond donors (Lipinski definition) is 0. The second kappa shape index (κ2) is 16.0. The minimum atomic E-state index is -0.839. The average Bonchev–Trinajstić information content (AvgIpc) is 2.55. The normalized spacial score (nSPS) is 9.86. The second-order valence-corrected chi connectivity index (χ2v) is 14.1. The summed E-state index contributed by atoms with van der Waals surface area (Å²) < 4.78 is 5.04. The van der Waals surface area contributed by atoms with Crippen LogP contribution in [0, 0.1) is 12.3 Å². The van der Waals surface area contributed by atoms with Gasteiger partial charge < -0.3 is 0 Å². The van der Waals surface area contributed by atoms with E-state index in [2.05, 4.69) is 26.7 Å². The molecular weight excluding hydrogens is 359 g/mol. The van der Waals surface area contributed by atoms with Crippen LogP contribution in [0.1, 0.15) is 64.9 Å². The Morgan fingerprint density at radius 1 is 0.810 bits per heavy atom. The molecule has 0 atom stereocenters. The van der Waals surface area contributed by atoms with Gasteiger partial charge in [-0.1, -0.05) is 24.1 Å². The quantitative estimate of drug-likeness (QED) is 0.330. The summed E-state index contributed by atoms with van der Waals surface area (Å²) >= 11 is -0.839. The van der Waals surface area contributed by atoms with Crippen LogP contribution in [0.5, 0.6) is 0 Å². The molecule has 0 aromatic heterocycles. The van der Waals surface area contributed by atoms with Gasteiger partial charge in [0.1, 0.15) is 0 Å². The molecular formula is C20H33Sn. The fourth-order valence-electron chi connectivity index (χ4n) is 2.19. The molecule has 1 aromatic carbocycles. The SMILES string of the molecule is C#Cc1ccccc1.CCC[CH2][Sn]([CH2]CCC)[CH2]CCC. The molecule has 0 unspecified atom stereocenters. The minimum absolute atomic E-state index is 0.839. The van der Waals surface area contributed by atoms with Gasteiger partial charge in [-0.05, 0) is 12.1 Å². The summed E-state index contributed by atoms with van der Waals surface area (Å²) in [6.07, 6.45) is 13.9. The molecule has 0 saturated carbocycles. The zero-order chi connectivity index (χ0) is 15.8. The van der Waals surface area contributed by atoms with E-state index in [1.54, 1.807) is 13.3 Å². The maximum absolute atomic E-state index is 5.10. The van der Waals surface area contributed by atoms with Crippen molar-refractivity contribution in [1.29, 1.82) is 0 Å². The summed E-state index contributed by atoms with van der Waals surface area (Å²) in [6.45, 7) is 7.00. The van der Waals surface area contributed by atoms with E-state index < -0.39 is 19.8 Å². The molecule has 1 rings (SSSR count). The molecule has 0 fully saturated rings. The fraction of sp³-hybridized carbons (Fsp3) is 0.600. The predicted octanol–water partition coefficient (Wildman–Crippen LogP) is 6.55. The molecule has 1 heteroatoms. The van der Waals surface area contributed by atoms with Crippen molar-refractivity contribution in [3.63, 3.8) is 0 Å². The van der Waals surface area contributed by atoms with Crippen LogP contribution in [-0.2, 0) is 0 Å². The first-order chi connectivity index (χ1) is 10.3. The van der Waals surface area contributed by atoms with E-state index in [1.165, 1.54) is 38.5 Å².